The number of rotatable bonds is 3. The number of thioether (sulfide) groups is 1. The number of amides is 1. The first-order chi connectivity index (χ1) is 8.86. The molecular formula is C15H19NO2S. The van der Waals surface area contributed by atoms with E-state index >= 15 is 0 Å². The van der Waals surface area contributed by atoms with Crippen LogP contribution in [0.1, 0.15) is 44.5 Å². The summed E-state index contributed by atoms with van der Waals surface area (Å²) in [7, 11) is 0. The zero-order valence-electron chi connectivity index (χ0n) is 11.8. The minimum Gasteiger partial charge on any atom is -0.310 e. The molecule has 0 saturated carbocycles. The van der Waals surface area contributed by atoms with Crippen molar-refractivity contribution in [2.75, 3.05) is 11.4 Å². The van der Waals surface area contributed by atoms with Crippen LogP contribution < -0.4 is 4.90 Å². The second-order valence-corrected chi connectivity index (χ2v) is 6.97. The van der Waals surface area contributed by atoms with Gasteiger partial charge in [0, 0.05) is 17.0 Å². The van der Waals surface area contributed by atoms with Gasteiger partial charge < -0.3 is 4.90 Å². The summed E-state index contributed by atoms with van der Waals surface area (Å²) in [5.74, 6) is 0.197. The molecule has 19 heavy (non-hydrogen) atoms. The molecule has 0 atom stereocenters. The van der Waals surface area contributed by atoms with Gasteiger partial charge in [0.15, 0.2) is 5.78 Å². The Morgan fingerprint density at radius 3 is 2.63 bits per heavy atom. The van der Waals surface area contributed by atoms with Crippen LogP contribution in [0.2, 0.25) is 0 Å². The van der Waals surface area contributed by atoms with E-state index in [1.165, 1.54) is 0 Å². The molecule has 1 aromatic rings. The zero-order chi connectivity index (χ0) is 14.2. The lowest BCUT2D eigenvalue weighted by Crippen LogP contribution is -2.46. The Morgan fingerprint density at radius 1 is 1.37 bits per heavy atom. The van der Waals surface area contributed by atoms with E-state index in [1.54, 1.807) is 24.8 Å². The number of benzene rings is 1. The van der Waals surface area contributed by atoms with Crippen LogP contribution in [0.25, 0.3) is 0 Å². The first kappa shape index (κ1) is 14.1. The molecule has 0 fully saturated rings. The number of hydrogen-bond acceptors (Lipinski definition) is 3. The van der Waals surface area contributed by atoms with Crippen molar-refractivity contribution in [2.45, 2.75) is 43.8 Å². The average Bonchev–Trinajstić information content (AvgIpc) is 2.33. The minimum atomic E-state index is -0.475. The summed E-state index contributed by atoms with van der Waals surface area (Å²) in [5, 5.41) is 0. The number of anilines is 1. The summed E-state index contributed by atoms with van der Waals surface area (Å²) >= 11 is 1.54. The molecule has 1 amide bonds. The minimum absolute atomic E-state index is 0.0557. The van der Waals surface area contributed by atoms with Gasteiger partial charge in [0.1, 0.15) is 0 Å². The molecule has 1 aromatic carbocycles. The second-order valence-electron chi connectivity index (χ2n) is 5.31. The van der Waals surface area contributed by atoms with E-state index in [-0.39, 0.29) is 11.7 Å². The molecule has 102 valence electrons. The highest BCUT2D eigenvalue weighted by Gasteiger charge is 2.39. The monoisotopic (exact) mass is 277 g/mol. The first-order valence-corrected chi connectivity index (χ1v) is 7.34. The van der Waals surface area contributed by atoms with Gasteiger partial charge in [-0.25, -0.2) is 0 Å². The Balaban J connectivity index is 2.52. The highest BCUT2D eigenvalue weighted by Crippen LogP contribution is 2.45. The molecule has 0 bridgehead atoms. The van der Waals surface area contributed by atoms with E-state index < -0.39 is 4.75 Å². The summed E-state index contributed by atoms with van der Waals surface area (Å²) in [5.41, 5.74) is 1.63. The molecule has 0 aromatic heterocycles. The van der Waals surface area contributed by atoms with Gasteiger partial charge in [-0.15, -0.1) is 11.8 Å². The highest BCUT2D eigenvalue weighted by atomic mass is 32.2. The lowest BCUT2D eigenvalue weighted by atomic mass is 10.1. The van der Waals surface area contributed by atoms with Gasteiger partial charge in [-0.3, -0.25) is 9.59 Å². The fourth-order valence-electron chi connectivity index (χ4n) is 2.24. The van der Waals surface area contributed by atoms with E-state index in [0.717, 1.165) is 23.5 Å². The van der Waals surface area contributed by atoms with Gasteiger partial charge >= 0.3 is 0 Å². The van der Waals surface area contributed by atoms with Gasteiger partial charge in [0.2, 0.25) is 5.91 Å². The second kappa shape index (κ2) is 5.00. The number of carbonyl (C=O) groups excluding carboxylic acids is 2. The number of carbonyl (C=O) groups is 2. The Hall–Kier alpha value is -1.29. The van der Waals surface area contributed by atoms with Crippen molar-refractivity contribution in [2.24, 2.45) is 0 Å². The first-order valence-electron chi connectivity index (χ1n) is 6.53. The van der Waals surface area contributed by atoms with Gasteiger partial charge in [-0.2, -0.15) is 0 Å². The predicted molar refractivity (Wildman–Crippen MR) is 79.0 cm³/mol. The molecule has 4 heteroatoms. The van der Waals surface area contributed by atoms with E-state index in [9.17, 15) is 9.59 Å². The zero-order valence-corrected chi connectivity index (χ0v) is 12.6. The van der Waals surface area contributed by atoms with Crippen molar-refractivity contribution in [3.63, 3.8) is 0 Å². The van der Waals surface area contributed by atoms with Crippen molar-refractivity contribution >= 4 is 29.1 Å². The number of fused-ring (bicyclic) bond motifs is 1. The Bertz CT molecular complexity index is 537. The standard InChI is InChI=1S/C15H19NO2S/c1-5-8-16-12-7-6-11(10(2)17)9-13(12)19-15(3,4)14(16)18/h6-7,9H,5,8H2,1-4H3. The van der Waals surface area contributed by atoms with Crippen molar-refractivity contribution in [3.8, 4) is 0 Å². The smallest absolute Gasteiger partial charge is 0.243 e. The van der Waals surface area contributed by atoms with E-state index in [0.29, 0.717) is 5.56 Å². The normalized spacial score (nSPS) is 17.3. The molecular weight excluding hydrogens is 258 g/mol. The van der Waals surface area contributed by atoms with Crippen LogP contribution in [-0.2, 0) is 4.79 Å². The predicted octanol–water partition coefficient (Wildman–Crippen LogP) is 3.52. The van der Waals surface area contributed by atoms with Gasteiger partial charge in [0.25, 0.3) is 0 Å². The summed E-state index contributed by atoms with van der Waals surface area (Å²) in [6.45, 7) is 8.22. The third kappa shape index (κ3) is 2.54. The Labute approximate surface area is 118 Å². The molecule has 0 spiro atoms. The Kier molecular flexibility index (Phi) is 3.72. The van der Waals surface area contributed by atoms with Crippen LogP contribution >= 0.6 is 11.8 Å². The maximum absolute atomic E-state index is 12.5. The largest absolute Gasteiger partial charge is 0.310 e. The van der Waals surface area contributed by atoms with Crippen molar-refractivity contribution in [1.82, 2.24) is 0 Å². The molecule has 1 aliphatic rings. The lowest BCUT2D eigenvalue weighted by Gasteiger charge is -2.38. The summed E-state index contributed by atoms with van der Waals surface area (Å²) in [6.07, 6.45) is 0.917. The third-order valence-corrected chi connectivity index (χ3v) is 4.46. The van der Waals surface area contributed by atoms with E-state index in [1.807, 2.05) is 30.9 Å². The van der Waals surface area contributed by atoms with Gasteiger partial charge in [-0.05, 0) is 45.4 Å². The topological polar surface area (TPSA) is 37.4 Å². The molecule has 3 nitrogen and oxygen atoms in total. The SMILES string of the molecule is CCCN1C(=O)C(C)(C)Sc2cc(C(C)=O)ccc21. The van der Waals surface area contributed by atoms with Crippen molar-refractivity contribution < 1.29 is 9.59 Å². The molecule has 0 radical (unpaired) electrons. The fourth-order valence-corrected chi connectivity index (χ4v) is 3.45. The van der Waals surface area contributed by atoms with Crippen molar-refractivity contribution in [1.29, 1.82) is 0 Å². The lowest BCUT2D eigenvalue weighted by molar-refractivity contribution is -0.120. The fraction of sp³-hybridized carbons (Fsp3) is 0.467. The van der Waals surface area contributed by atoms with Crippen LogP contribution in [0.3, 0.4) is 0 Å². The Morgan fingerprint density at radius 2 is 2.05 bits per heavy atom. The summed E-state index contributed by atoms with van der Waals surface area (Å²) in [6, 6.07) is 5.59. The van der Waals surface area contributed by atoms with Crippen molar-refractivity contribution in [3.05, 3.63) is 23.8 Å². The number of ketones is 1. The quantitative estimate of drug-likeness (QED) is 0.793. The maximum Gasteiger partial charge on any atom is 0.243 e. The van der Waals surface area contributed by atoms with Crippen LogP contribution in [0.5, 0.6) is 0 Å². The average molecular weight is 277 g/mol. The van der Waals surface area contributed by atoms with Crippen LogP contribution in [0.15, 0.2) is 23.1 Å². The van der Waals surface area contributed by atoms with E-state index in [2.05, 4.69) is 6.92 Å². The van der Waals surface area contributed by atoms with Gasteiger partial charge in [0.05, 0.1) is 10.4 Å². The van der Waals surface area contributed by atoms with E-state index in [4.69, 9.17) is 0 Å². The molecule has 0 aliphatic carbocycles. The summed E-state index contributed by atoms with van der Waals surface area (Å²) in [4.78, 5) is 26.8. The van der Waals surface area contributed by atoms with Crippen LogP contribution in [0.4, 0.5) is 5.69 Å². The maximum atomic E-state index is 12.5. The van der Waals surface area contributed by atoms with Gasteiger partial charge in [-0.1, -0.05) is 6.92 Å². The van der Waals surface area contributed by atoms with Crippen LogP contribution in [0, 0.1) is 0 Å². The highest BCUT2D eigenvalue weighted by molar-refractivity contribution is 8.01. The number of hydrogen-bond donors (Lipinski definition) is 0. The third-order valence-electron chi connectivity index (χ3n) is 3.23. The molecule has 0 unspecified atom stereocenters. The number of nitrogens with zero attached hydrogens (tertiary/aromatic N) is 1. The molecule has 2 rings (SSSR count). The molecule has 1 aliphatic heterocycles. The molecule has 0 N–H and O–H groups in total. The molecule has 0 saturated heterocycles. The number of Topliss-reactive ketones (excluding diaryl/α,β-unsaturated/α-hetero) is 1. The van der Waals surface area contributed by atoms with Crippen LogP contribution in [-0.4, -0.2) is 23.0 Å². The molecule has 1 heterocycles. The summed E-state index contributed by atoms with van der Waals surface area (Å²) < 4.78 is -0.475.